The van der Waals surface area contributed by atoms with E-state index in [1.54, 1.807) is 31.3 Å². The van der Waals surface area contributed by atoms with E-state index in [1.807, 2.05) is 39.8 Å². The van der Waals surface area contributed by atoms with Crippen LogP contribution in [0.5, 0.6) is 0 Å². The summed E-state index contributed by atoms with van der Waals surface area (Å²) in [5.74, 6) is -0.0627. The smallest absolute Gasteiger partial charge is 0.332 e. The van der Waals surface area contributed by atoms with Crippen molar-refractivity contribution in [1.29, 1.82) is 0 Å². The first-order valence-electron chi connectivity index (χ1n) is 13.8. The van der Waals surface area contributed by atoms with Gasteiger partial charge in [-0.1, -0.05) is 30.3 Å². The molecule has 2 aliphatic rings. The summed E-state index contributed by atoms with van der Waals surface area (Å²) in [7, 11) is 3.07. The molecular formula is C30H31N7O5. The van der Waals surface area contributed by atoms with E-state index < -0.39 is 17.3 Å². The van der Waals surface area contributed by atoms with E-state index in [0.717, 1.165) is 10.1 Å². The van der Waals surface area contributed by atoms with Gasteiger partial charge in [-0.15, -0.1) is 0 Å². The van der Waals surface area contributed by atoms with Gasteiger partial charge in [0.05, 0.1) is 24.7 Å². The SMILES string of the molecule is CC(=O)c1ccc(N2C(=O)CC(N3CCN(c4nc5c(c(=O)n(C)c(=O)n5C)n4Cc4ccccc4)CC3)C2=O)cc1. The van der Waals surface area contributed by atoms with Crippen LogP contribution in [0.15, 0.2) is 64.2 Å². The van der Waals surface area contributed by atoms with Gasteiger partial charge < -0.3 is 4.90 Å². The van der Waals surface area contributed by atoms with Gasteiger partial charge in [0.25, 0.3) is 11.5 Å². The number of aromatic nitrogens is 4. The molecule has 2 amide bonds. The summed E-state index contributed by atoms with van der Waals surface area (Å²) in [6, 6.07) is 15.7. The van der Waals surface area contributed by atoms with Gasteiger partial charge in [0.15, 0.2) is 16.9 Å². The topological polar surface area (TPSA) is 123 Å². The Morgan fingerprint density at radius 3 is 2.19 bits per heavy atom. The second-order valence-electron chi connectivity index (χ2n) is 10.8. The molecule has 2 aromatic carbocycles. The number of aryl methyl sites for hydroxylation is 1. The lowest BCUT2D eigenvalue weighted by molar-refractivity contribution is -0.123. The quantitative estimate of drug-likeness (QED) is 0.250. The van der Waals surface area contributed by atoms with Crippen molar-refractivity contribution in [2.45, 2.75) is 25.9 Å². The van der Waals surface area contributed by atoms with E-state index in [2.05, 4.69) is 4.90 Å². The Kier molecular flexibility index (Phi) is 6.85. The number of ketones is 1. The fourth-order valence-electron chi connectivity index (χ4n) is 5.84. The van der Waals surface area contributed by atoms with Crippen LogP contribution in [0.2, 0.25) is 0 Å². The molecule has 0 bridgehead atoms. The first kappa shape index (κ1) is 27.3. The number of carbonyl (C=O) groups excluding carboxylic acids is 3. The van der Waals surface area contributed by atoms with Gasteiger partial charge in [0.1, 0.15) is 0 Å². The predicted molar refractivity (Wildman–Crippen MR) is 157 cm³/mol. The normalized spacial score (nSPS) is 17.9. The maximum Gasteiger partial charge on any atom is 0.332 e. The largest absolute Gasteiger partial charge is 0.340 e. The van der Waals surface area contributed by atoms with Crippen LogP contribution >= 0.6 is 0 Å². The Labute approximate surface area is 241 Å². The molecule has 0 radical (unpaired) electrons. The van der Waals surface area contributed by atoms with Crippen molar-refractivity contribution in [2.75, 3.05) is 36.0 Å². The lowest BCUT2D eigenvalue weighted by atomic mass is 10.1. The van der Waals surface area contributed by atoms with Crippen molar-refractivity contribution in [3.63, 3.8) is 0 Å². The zero-order chi connectivity index (χ0) is 29.7. The Morgan fingerprint density at radius 2 is 1.55 bits per heavy atom. The van der Waals surface area contributed by atoms with Crippen molar-refractivity contribution in [1.82, 2.24) is 23.6 Å². The number of Topliss-reactive ketones (excluding diaryl/α,β-unsaturated/α-hetero) is 1. The van der Waals surface area contributed by atoms with Gasteiger partial charge in [-0.25, -0.2) is 9.69 Å². The van der Waals surface area contributed by atoms with Crippen LogP contribution in [0.3, 0.4) is 0 Å². The highest BCUT2D eigenvalue weighted by Gasteiger charge is 2.43. The Morgan fingerprint density at radius 1 is 0.881 bits per heavy atom. The van der Waals surface area contributed by atoms with Crippen LogP contribution in [-0.2, 0) is 30.2 Å². The van der Waals surface area contributed by atoms with Crippen LogP contribution in [0.1, 0.15) is 29.3 Å². The molecular weight excluding hydrogens is 538 g/mol. The summed E-state index contributed by atoms with van der Waals surface area (Å²) in [5.41, 5.74) is 1.77. The van der Waals surface area contributed by atoms with Crippen LogP contribution < -0.4 is 21.0 Å². The molecule has 4 aromatic rings. The molecule has 216 valence electrons. The lowest BCUT2D eigenvalue weighted by Crippen LogP contribution is -2.53. The van der Waals surface area contributed by atoms with Gasteiger partial charge in [-0.2, -0.15) is 4.98 Å². The molecule has 12 nitrogen and oxygen atoms in total. The first-order chi connectivity index (χ1) is 20.2. The highest BCUT2D eigenvalue weighted by atomic mass is 16.2. The fraction of sp³-hybridized carbons (Fsp3) is 0.333. The van der Waals surface area contributed by atoms with Crippen molar-refractivity contribution in [3.05, 3.63) is 86.6 Å². The van der Waals surface area contributed by atoms with E-state index in [4.69, 9.17) is 4.98 Å². The molecule has 6 rings (SSSR count). The van der Waals surface area contributed by atoms with E-state index in [0.29, 0.717) is 61.1 Å². The zero-order valence-electron chi connectivity index (χ0n) is 23.7. The Balaban J connectivity index is 1.26. The molecule has 0 spiro atoms. The van der Waals surface area contributed by atoms with Gasteiger partial charge in [-0.3, -0.25) is 37.8 Å². The van der Waals surface area contributed by atoms with Crippen LogP contribution in [0.4, 0.5) is 11.6 Å². The van der Waals surface area contributed by atoms with Gasteiger partial charge in [0, 0.05) is 45.8 Å². The maximum absolute atomic E-state index is 13.4. The summed E-state index contributed by atoms with van der Waals surface area (Å²) in [4.78, 5) is 73.9. The van der Waals surface area contributed by atoms with Crippen molar-refractivity contribution >= 4 is 40.4 Å². The number of piperazine rings is 1. The number of hydrogen-bond donors (Lipinski definition) is 0. The summed E-state index contributed by atoms with van der Waals surface area (Å²) in [6.45, 7) is 3.90. The fourth-order valence-corrected chi connectivity index (χ4v) is 5.84. The molecule has 1 atom stereocenters. The van der Waals surface area contributed by atoms with Crippen LogP contribution in [0, 0.1) is 0 Å². The first-order valence-corrected chi connectivity index (χ1v) is 13.8. The molecule has 0 aliphatic carbocycles. The van der Waals surface area contributed by atoms with Crippen molar-refractivity contribution in [2.24, 2.45) is 14.1 Å². The molecule has 2 saturated heterocycles. The molecule has 1 unspecified atom stereocenters. The molecule has 2 aliphatic heterocycles. The Hall–Kier alpha value is -4.84. The molecule has 42 heavy (non-hydrogen) atoms. The predicted octanol–water partition coefficient (Wildman–Crippen LogP) is 1.14. The molecule has 2 aromatic heterocycles. The zero-order valence-corrected chi connectivity index (χ0v) is 23.7. The number of carbonyl (C=O) groups is 3. The minimum absolute atomic E-state index is 0.0813. The lowest BCUT2D eigenvalue weighted by Gasteiger charge is -2.37. The van der Waals surface area contributed by atoms with Crippen molar-refractivity contribution < 1.29 is 14.4 Å². The highest BCUT2D eigenvalue weighted by Crippen LogP contribution is 2.28. The number of anilines is 2. The number of fused-ring (bicyclic) bond motifs is 1. The van der Waals surface area contributed by atoms with Crippen molar-refractivity contribution in [3.8, 4) is 0 Å². The monoisotopic (exact) mass is 569 g/mol. The third-order valence-corrected chi connectivity index (χ3v) is 8.20. The molecule has 12 heteroatoms. The third-order valence-electron chi connectivity index (χ3n) is 8.20. The number of hydrogen-bond acceptors (Lipinski definition) is 8. The maximum atomic E-state index is 13.4. The van der Waals surface area contributed by atoms with Gasteiger partial charge in [0.2, 0.25) is 11.9 Å². The van der Waals surface area contributed by atoms with Gasteiger partial charge in [-0.05, 0) is 36.8 Å². The summed E-state index contributed by atoms with van der Waals surface area (Å²) < 4.78 is 4.34. The van der Waals surface area contributed by atoms with E-state index in [9.17, 15) is 24.0 Å². The van der Waals surface area contributed by atoms with Crippen LogP contribution in [0.25, 0.3) is 11.2 Å². The summed E-state index contributed by atoms with van der Waals surface area (Å²) in [5, 5.41) is 0. The van der Waals surface area contributed by atoms with Gasteiger partial charge >= 0.3 is 5.69 Å². The van der Waals surface area contributed by atoms with Crippen LogP contribution in [-0.4, -0.2) is 73.4 Å². The summed E-state index contributed by atoms with van der Waals surface area (Å²) in [6.07, 6.45) is 0.0813. The number of amides is 2. The minimum Gasteiger partial charge on any atom is -0.340 e. The molecule has 4 heterocycles. The second kappa shape index (κ2) is 10.5. The van der Waals surface area contributed by atoms with E-state index >= 15 is 0 Å². The Bertz CT molecular complexity index is 1830. The number of nitrogens with zero attached hydrogens (tertiary/aromatic N) is 7. The second-order valence-corrected chi connectivity index (χ2v) is 10.8. The molecule has 0 N–H and O–H groups in total. The number of rotatable bonds is 6. The average Bonchev–Trinajstić information content (AvgIpc) is 3.52. The number of imidazole rings is 1. The van der Waals surface area contributed by atoms with E-state index in [-0.39, 0.29) is 24.0 Å². The summed E-state index contributed by atoms with van der Waals surface area (Å²) >= 11 is 0. The molecule has 0 saturated carbocycles. The van der Waals surface area contributed by atoms with E-state index in [1.165, 1.54) is 23.4 Å². The number of benzene rings is 2. The molecule has 2 fully saturated rings. The standard InChI is InChI=1S/C30H31N7O5/c1-19(38)21-9-11-22(12-10-21)37-24(39)17-23(27(37)40)34-13-15-35(16-14-34)29-31-26-25(28(41)33(3)30(42)32(26)2)36(29)18-20-7-5-4-6-8-20/h4-12,23H,13-18H2,1-3H3. The third kappa shape index (κ3) is 4.53. The minimum atomic E-state index is -0.580. The number of imide groups is 1. The highest BCUT2D eigenvalue weighted by molar-refractivity contribution is 6.22. The average molecular weight is 570 g/mol.